The number of rotatable bonds is 7. The molecule has 2 aromatic carbocycles. The molecule has 2 amide bonds. The third-order valence-corrected chi connectivity index (χ3v) is 6.73. The predicted octanol–water partition coefficient (Wildman–Crippen LogP) is 3.57. The Morgan fingerprint density at radius 2 is 2.00 bits per heavy atom. The number of hydrogen-bond acceptors (Lipinski definition) is 5. The summed E-state index contributed by atoms with van der Waals surface area (Å²) in [5.74, 6) is 1.00. The maximum Gasteiger partial charge on any atom is 0.254 e. The second-order valence-electron chi connectivity index (χ2n) is 9.25. The van der Waals surface area contributed by atoms with Gasteiger partial charge in [-0.25, -0.2) is 0 Å². The van der Waals surface area contributed by atoms with Gasteiger partial charge in [-0.1, -0.05) is 30.3 Å². The highest BCUT2D eigenvalue weighted by Crippen LogP contribution is 2.22. The molecule has 1 atom stereocenters. The molecule has 3 heterocycles. The number of pyridine rings is 1. The molecule has 2 aliphatic heterocycles. The van der Waals surface area contributed by atoms with E-state index in [1.54, 1.807) is 6.07 Å². The van der Waals surface area contributed by atoms with Crippen LogP contribution in [0.1, 0.15) is 28.8 Å². The number of ether oxygens (including phenoxy) is 2. The summed E-state index contributed by atoms with van der Waals surface area (Å²) in [5.41, 5.74) is 2.79. The average molecular weight is 474 g/mol. The molecular formula is C28H31N3O4. The summed E-state index contributed by atoms with van der Waals surface area (Å²) >= 11 is 0. The quantitative estimate of drug-likeness (QED) is 0.525. The van der Waals surface area contributed by atoms with Crippen molar-refractivity contribution in [2.24, 2.45) is 5.92 Å². The molecule has 3 aromatic rings. The maximum atomic E-state index is 13.4. The van der Waals surface area contributed by atoms with Gasteiger partial charge in [0.25, 0.3) is 5.91 Å². The molecule has 7 heteroatoms. The lowest BCUT2D eigenvalue weighted by molar-refractivity contribution is -0.128. The van der Waals surface area contributed by atoms with Gasteiger partial charge in [-0.2, -0.15) is 0 Å². The SMILES string of the molecule is O=C1CCCN1CCOc1cccc(C(=O)N2CCOC[C@H](Cc3cccc4cccnc34)C2)c1. The molecule has 182 valence electrons. The van der Waals surface area contributed by atoms with Crippen molar-refractivity contribution in [3.63, 3.8) is 0 Å². The van der Waals surface area contributed by atoms with E-state index in [-0.39, 0.29) is 17.7 Å². The minimum Gasteiger partial charge on any atom is -0.492 e. The summed E-state index contributed by atoms with van der Waals surface area (Å²) in [7, 11) is 0. The van der Waals surface area contributed by atoms with Crippen LogP contribution in [-0.4, -0.2) is 72.6 Å². The van der Waals surface area contributed by atoms with E-state index in [1.807, 2.05) is 40.3 Å². The fourth-order valence-corrected chi connectivity index (χ4v) is 4.95. The second kappa shape index (κ2) is 10.9. The second-order valence-corrected chi connectivity index (χ2v) is 9.25. The Morgan fingerprint density at radius 3 is 2.89 bits per heavy atom. The molecule has 0 unspecified atom stereocenters. The van der Waals surface area contributed by atoms with Gasteiger partial charge in [0.05, 0.1) is 25.3 Å². The molecule has 0 aliphatic carbocycles. The number of benzene rings is 2. The number of amides is 2. The maximum absolute atomic E-state index is 13.4. The van der Waals surface area contributed by atoms with Crippen LogP contribution in [0.25, 0.3) is 10.9 Å². The minimum absolute atomic E-state index is 0.0169. The molecule has 2 fully saturated rings. The molecule has 0 spiro atoms. The number of aromatic nitrogens is 1. The van der Waals surface area contributed by atoms with Crippen molar-refractivity contribution in [2.75, 3.05) is 46.0 Å². The highest BCUT2D eigenvalue weighted by atomic mass is 16.5. The molecule has 0 saturated carbocycles. The number of carbonyl (C=O) groups is 2. The van der Waals surface area contributed by atoms with Crippen LogP contribution in [0.15, 0.2) is 60.8 Å². The van der Waals surface area contributed by atoms with Crippen molar-refractivity contribution in [1.82, 2.24) is 14.8 Å². The summed E-state index contributed by atoms with van der Waals surface area (Å²) in [5, 5.41) is 1.12. The van der Waals surface area contributed by atoms with E-state index in [2.05, 4.69) is 29.2 Å². The number of likely N-dealkylation sites (tertiary alicyclic amines) is 1. The summed E-state index contributed by atoms with van der Waals surface area (Å²) < 4.78 is 11.7. The van der Waals surface area contributed by atoms with E-state index in [1.165, 1.54) is 5.56 Å². The van der Waals surface area contributed by atoms with Gasteiger partial charge >= 0.3 is 0 Å². The number of fused-ring (bicyclic) bond motifs is 1. The Morgan fingerprint density at radius 1 is 1.11 bits per heavy atom. The fourth-order valence-electron chi connectivity index (χ4n) is 4.95. The van der Waals surface area contributed by atoms with Crippen molar-refractivity contribution in [3.05, 3.63) is 71.9 Å². The van der Waals surface area contributed by atoms with Crippen LogP contribution in [0.3, 0.4) is 0 Å². The van der Waals surface area contributed by atoms with Gasteiger partial charge in [-0.3, -0.25) is 14.6 Å². The number of carbonyl (C=O) groups excluding carboxylic acids is 2. The first kappa shape index (κ1) is 23.3. The topological polar surface area (TPSA) is 72.0 Å². The van der Waals surface area contributed by atoms with E-state index < -0.39 is 0 Å². The van der Waals surface area contributed by atoms with Gasteiger partial charge in [0.15, 0.2) is 0 Å². The van der Waals surface area contributed by atoms with Crippen molar-refractivity contribution in [1.29, 1.82) is 0 Å². The van der Waals surface area contributed by atoms with Crippen LogP contribution >= 0.6 is 0 Å². The smallest absolute Gasteiger partial charge is 0.254 e. The lowest BCUT2D eigenvalue weighted by Gasteiger charge is -2.24. The standard InChI is InChI=1S/C28H31N3O4/c32-26-10-4-12-30(26)14-16-35-25-9-2-7-24(18-25)28(33)31-13-15-34-20-21(19-31)17-23-6-1-5-22-8-3-11-29-27(22)23/h1-3,5-9,11,18,21H,4,10,12-17,19-20H2/t21-/m1/s1. The van der Waals surface area contributed by atoms with E-state index in [9.17, 15) is 9.59 Å². The van der Waals surface area contributed by atoms with Crippen molar-refractivity contribution in [3.8, 4) is 5.75 Å². The number of nitrogens with zero attached hydrogens (tertiary/aromatic N) is 3. The molecule has 1 aromatic heterocycles. The first-order valence-electron chi connectivity index (χ1n) is 12.4. The van der Waals surface area contributed by atoms with Crippen LogP contribution in [-0.2, 0) is 16.0 Å². The Kier molecular flexibility index (Phi) is 7.23. The summed E-state index contributed by atoms with van der Waals surface area (Å²) in [6.07, 6.45) is 4.17. The van der Waals surface area contributed by atoms with Crippen molar-refractivity contribution >= 4 is 22.7 Å². The zero-order chi connectivity index (χ0) is 24.0. The van der Waals surface area contributed by atoms with Gasteiger partial charge in [-0.05, 0) is 42.7 Å². The largest absolute Gasteiger partial charge is 0.492 e. The Labute approximate surface area is 205 Å². The van der Waals surface area contributed by atoms with Gasteiger partial charge < -0.3 is 19.3 Å². The van der Waals surface area contributed by atoms with E-state index in [4.69, 9.17) is 9.47 Å². The van der Waals surface area contributed by atoms with Crippen molar-refractivity contribution < 1.29 is 19.1 Å². The zero-order valence-electron chi connectivity index (χ0n) is 19.9. The minimum atomic E-state index is -0.0169. The van der Waals surface area contributed by atoms with Gasteiger partial charge in [0.1, 0.15) is 12.4 Å². The van der Waals surface area contributed by atoms with Gasteiger partial charge in [-0.15, -0.1) is 0 Å². The van der Waals surface area contributed by atoms with Crippen LogP contribution in [0.5, 0.6) is 5.75 Å². The molecule has 0 radical (unpaired) electrons. The Bertz CT molecular complexity index is 1190. The normalized spacial score (nSPS) is 18.6. The van der Waals surface area contributed by atoms with Gasteiger partial charge in [0, 0.05) is 49.1 Å². The number of para-hydroxylation sites is 1. The summed E-state index contributed by atoms with van der Waals surface area (Å²) in [6.45, 7) is 4.12. The lowest BCUT2D eigenvalue weighted by Crippen LogP contribution is -2.36. The summed E-state index contributed by atoms with van der Waals surface area (Å²) in [4.78, 5) is 33.5. The number of hydrogen-bond donors (Lipinski definition) is 0. The average Bonchev–Trinajstić information content (AvgIpc) is 3.15. The van der Waals surface area contributed by atoms with E-state index in [0.29, 0.717) is 57.2 Å². The van der Waals surface area contributed by atoms with E-state index in [0.717, 1.165) is 30.3 Å². The first-order chi connectivity index (χ1) is 17.2. The molecule has 0 N–H and O–H groups in total. The highest BCUT2D eigenvalue weighted by molar-refractivity contribution is 5.94. The molecule has 0 bridgehead atoms. The molecule has 5 rings (SSSR count). The van der Waals surface area contributed by atoms with Crippen LogP contribution in [0.4, 0.5) is 0 Å². The monoisotopic (exact) mass is 473 g/mol. The zero-order valence-corrected chi connectivity index (χ0v) is 19.9. The summed E-state index contributed by atoms with van der Waals surface area (Å²) in [6, 6.07) is 17.6. The lowest BCUT2D eigenvalue weighted by atomic mass is 9.97. The molecule has 7 nitrogen and oxygen atoms in total. The Hall–Kier alpha value is -3.45. The van der Waals surface area contributed by atoms with Crippen molar-refractivity contribution in [2.45, 2.75) is 19.3 Å². The first-order valence-corrected chi connectivity index (χ1v) is 12.4. The third-order valence-electron chi connectivity index (χ3n) is 6.73. The highest BCUT2D eigenvalue weighted by Gasteiger charge is 2.25. The van der Waals surface area contributed by atoms with Crippen LogP contribution in [0, 0.1) is 5.92 Å². The Balaban J connectivity index is 1.23. The molecule has 2 aliphatic rings. The van der Waals surface area contributed by atoms with Gasteiger partial charge in [0.2, 0.25) is 5.91 Å². The predicted molar refractivity (Wildman–Crippen MR) is 133 cm³/mol. The third kappa shape index (κ3) is 5.62. The van der Waals surface area contributed by atoms with Crippen LogP contribution < -0.4 is 4.74 Å². The molecular weight excluding hydrogens is 442 g/mol. The molecule has 2 saturated heterocycles. The van der Waals surface area contributed by atoms with E-state index >= 15 is 0 Å². The van der Waals surface area contributed by atoms with Crippen LogP contribution in [0.2, 0.25) is 0 Å². The fraction of sp³-hybridized carbons (Fsp3) is 0.393. The molecule has 35 heavy (non-hydrogen) atoms.